The summed E-state index contributed by atoms with van der Waals surface area (Å²) in [7, 11) is -3.52. The molecule has 126 valence electrons. The lowest BCUT2D eigenvalue weighted by atomic mass is 10.3. The van der Waals surface area contributed by atoms with Gasteiger partial charge in [0, 0.05) is 25.2 Å². The van der Waals surface area contributed by atoms with E-state index in [0.29, 0.717) is 13.1 Å². The molecule has 0 saturated carbocycles. The van der Waals surface area contributed by atoms with Crippen molar-refractivity contribution in [1.82, 2.24) is 9.29 Å². The van der Waals surface area contributed by atoms with Crippen LogP contribution >= 0.6 is 0 Å². The van der Waals surface area contributed by atoms with Gasteiger partial charge in [0.15, 0.2) is 0 Å². The first-order chi connectivity index (χ1) is 11.5. The third kappa shape index (κ3) is 3.36. The second-order valence-electron chi connectivity index (χ2n) is 5.30. The Balaban J connectivity index is 1.77. The van der Waals surface area contributed by atoms with Crippen molar-refractivity contribution in [3.8, 4) is 11.6 Å². The van der Waals surface area contributed by atoms with Gasteiger partial charge in [0.05, 0.1) is 17.2 Å². The molecule has 1 saturated heterocycles. The van der Waals surface area contributed by atoms with Crippen molar-refractivity contribution < 1.29 is 18.1 Å². The van der Waals surface area contributed by atoms with Crippen LogP contribution in [-0.2, 0) is 10.0 Å². The molecular weight excluding hydrogens is 334 g/mol. The quantitative estimate of drug-likeness (QED) is 0.607. The lowest BCUT2D eigenvalue weighted by Crippen LogP contribution is -2.27. The topological polar surface area (TPSA) is 103 Å². The molecule has 0 unspecified atom stereocenters. The van der Waals surface area contributed by atoms with Gasteiger partial charge in [0.2, 0.25) is 15.9 Å². The zero-order valence-corrected chi connectivity index (χ0v) is 13.5. The van der Waals surface area contributed by atoms with Crippen LogP contribution in [0.5, 0.6) is 11.6 Å². The third-order valence-electron chi connectivity index (χ3n) is 3.66. The zero-order chi connectivity index (χ0) is 17.2. The van der Waals surface area contributed by atoms with E-state index in [1.54, 1.807) is 6.07 Å². The fourth-order valence-electron chi connectivity index (χ4n) is 2.44. The van der Waals surface area contributed by atoms with Gasteiger partial charge in [-0.05, 0) is 25.0 Å². The fraction of sp³-hybridized carbons (Fsp3) is 0.267. The average Bonchev–Trinajstić information content (AvgIpc) is 3.11. The van der Waals surface area contributed by atoms with E-state index in [-0.39, 0.29) is 22.2 Å². The number of rotatable bonds is 5. The maximum Gasteiger partial charge on any atom is 0.273 e. The Kier molecular flexibility index (Phi) is 4.45. The number of ether oxygens (including phenoxy) is 1. The molecule has 2 aromatic rings. The minimum absolute atomic E-state index is 0.0965. The molecule has 1 aromatic heterocycles. The average molecular weight is 349 g/mol. The number of nitro benzene ring substituents is 1. The minimum atomic E-state index is -3.52. The lowest BCUT2D eigenvalue weighted by molar-refractivity contribution is -0.384. The van der Waals surface area contributed by atoms with Crippen LogP contribution in [0.4, 0.5) is 5.69 Å². The summed E-state index contributed by atoms with van der Waals surface area (Å²) in [6.45, 7) is 1.04. The first-order valence-corrected chi connectivity index (χ1v) is 8.79. The van der Waals surface area contributed by atoms with Gasteiger partial charge in [0.25, 0.3) is 5.69 Å². The van der Waals surface area contributed by atoms with Gasteiger partial charge < -0.3 is 4.74 Å². The summed E-state index contributed by atoms with van der Waals surface area (Å²) in [4.78, 5) is 14.3. The lowest BCUT2D eigenvalue weighted by Gasteiger charge is -2.15. The van der Waals surface area contributed by atoms with Crippen molar-refractivity contribution in [2.24, 2.45) is 0 Å². The van der Waals surface area contributed by atoms with Gasteiger partial charge in [-0.1, -0.05) is 6.07 Å². The molecule has 0 bridgehead atoms. The van der Waals surface area contributed by atoms with Crippen molar-refractivity contribution in [3.63, 3.8) is 0 Å². The second kappa shape index (κ2) is 6.54. The molecule has 0 radical (unpaired) electrons. The normalized spacial score (nSPS) is 15.3. The molecular formula is C15H15N3O5S. The first kappa shape index (κ1) is 16.3. The third-order valence-corrected chi connectivity index (χ3v) is 5.55. The summed E-state index contributed by atoms with van der Waals surface area (Å²) >= 11 is 0. The van der Waals surface area contributed by atoms with Gasteiger partial charge >= 0.3 is 0 Å². The maximum atomic E-state index is 12.4. The maximum absolute atomic E-state index is 12.4. The van der Waals surface area contributed by atoms with Gasteiger partial charge in [-0.2, -0.15) is 4.31 Å². The number of benzene rings is 1. The fourth-order valence-corrected chi connectivity index (χ4v) is 3.90. The molecule has 0 spiro atoms. The van der Waals surface area contributed by atoms with E-state index >= 15 is 0 Å². The van der Waals surface area contributed by atoms with Crippen LogP contribution in [0, 0.1) is 10.1 Å². The van der Waals surface area contributed by atoms with E-state index < -0.39 is 14.9 Å². The number of sulfonamides is 1. The Morgan fingerprint density at radius 3 is 2.54 bits per heavy atom. The Labute approximate surface area is 138 Å². The van der Waals surface area contributed by atoms with Crippen LogP contribution in [0.3, 0.4) is 0 Å². The summed E-state index contributed by atoms with van der Waals surface area (Å²) in [5.74, 6) is 0.419. The molecule has 1 fully saturated rings. The molecule has 3 rings (SSSR count). The van der Waals surface area contributed by atoms with Crippen molar-refractivity contribution in [1.29, 1.82) is 0 Å². The van der Waals surface area contributed by atoms with Crippen LogP contribution in [0.25, 0.3) is 0 Å². The summed E-state index contributed by atoms with van der Waals surface area (Å²) in [5, 5.41) is 10.7. The number of hydrogen-bond acceptors (Lipinski definition) is 6. The molecule has 1 aromatic carbocycles. The molecule has 0 atom stereocenters. The van der Waals surface area contributed by atoms with E-state index in [9.17, 15) is 18.5 Å². The van der Waals surface area contributed by atoms with Crippen LogP contribution in [0.2, 0.25) is 0 Å². The Morgan fingerprint density at radius 1 is 1.17 bits per heavy atom. The second-order valence-corrected chi connectivity index (χ2v) is 7.24. The van der Waals surface area contributed by atoms with E-state index in [1.807, 2.05) is 0 Å². The zero-order valence-electron chi connectivity index (χ0n) is 12.7. The highest BCUT2D eigenvalue weighted by molar-refractivity contribution is 7.89. The highest BCUT2D eigenvalue weighted by Crippen LogP contribution is 2.25. The minimum Gasteiger partial charge on any atom is -0.439 e. The van der Waals surface area contributed by atoms with Crippen LogP contribution in [-0.4, -0.2) is 35.7 Å². The largest absolute Gasteiger partial charge is 0.439 e. The summed E-state index contributed by atoms with van der Waals surface area (Å²) in [5.41, 5.74) is -0.0965. The highest BCUT2D eigenvalue weighted by atomic mass is 32.2. The molecule has 1 aliphatic heterocycles. The molecule has 1 aliphatic rings. The SMILES string of the molecule is O=[N+]([O-])c1cccc(Oc2ccc(S(=O)(=O)N3CCCC3)cn2)c1. The van der Waals surface area contributed by atoms with Gasteiger partial charge in [0.1, 0.15) is 10.6 Å². The van der Waals surface area contributed by atoms with Crippen molar-refractivity contribution in [2.45, 2.75) is 17.7 Å². The molecule has 8 nitrogen and oxygen atoms in total. The number of nitro groups is 1. The Bertz CT molecular complexity index is 846. The van der Waals surface area contributed by atoms with E-state index in [1.165, 1.54) is 40.8 Å². The van der Waals surface area contributed by atoms with Crippen molar-refractivity contribution in [2.75, 3.05) is 13.1 Å². The number of aromatic nitrogens is 1. The van der Waals surface area contributed by atoms with Crippen molar-refractivity contribution in [3.05, 3.63) is 52.7 Å². The number of hydrogen-bond donors (Lipinski definition) is 0. The van der Waals surface area contributed by atoms with Crippen LogP contribution < -0.4 is 4.74 Å². The van der Waals surface area contributed by atoms with Gasteiger partial charge in [-0.3, -0.25) is 10.1 Å². The smallest absolute Gasteiger partial charge is 0.273 e. The van der Waals surface area contributed by atoms with Gasteiger partial charge in [-0.15, -0.1) is 0 Å². The Hall–Kier alpha value is -2.52. The molecule has 24 heavy (non-hydrogen) atoms. The van der Waals surface area contributed by atoms with Crippen LogP contribution in [0.15, 0.2) is 47.5 Å². The van der Waals surface area contributed by atoms with E-state index in [2.05, 4.69) is 4.98 Å². The van der Waals surface area contributed by atoms with Crippen LogP contribution in [0.1, 0.15) is 12.8 Å². The summed E-state index contributed by atoms with van der Waals surface area (Å²) in [6.07, 6.45) is 2.96. The molecule has 0 N–H and O–H groups in total. The van der Waals surface area contributed by atoms with Gasteiger partial charge in [-0.25, -0.2) is 13.4 Å². The predicted octanol–water partition coefficient (Wildman–Crippen LogP) is 2.57. The van der Waals surface area contributed by atoms with E-state index in [0.717, 1.165) is 12.8 Å². The molecule has 2 heterocycles. The predicted molar refractivity (Wildman–Crippen MR) is 85.4 cm³/mol. The number of pyridine rings is 1. The molecule has 0 amide bonds. The summed E-state index contributed by atoms with van der Waals surface area (Å²) < 4.78 is 31.7. The highest BCUT2D eigenvalue weighted by Gasteiger charge is 2.27. The monoisotopic (exact) mass is 349 g/mol. The summed E-state index contributed by atoms with van der Waals surface area (Å²) in [6, 6.07) is 8.54. The molecule has 0 aliphatic carbocycles. The van der Waals surface area contributed by atoms with E-state index in [4.69, 9.17) is 4.74 Å². The number of nitrogens with zero attached hydrogens (tertiary/aromatic N) is 3. The first-order valence-electron chi connectivity index (χ1n) is 7.35. The number of non-ortho nitro benzene ring substituents is 1. The standard InChI is InChI=1S/C15H15N3O5S/c19-18(20)12-4-3-5-13(10-12)23-15-7-6-14(11-16-15)24(21,22)17-8-1-2-9-17/h3-7,10-11H,1-2,8-9H2. The van der Waals surface area contributed by atoms with Crippen molar-refractivity contribution >= 4 is 15.7 Å². The molecule has 9 heteroatoms. The Morgan fingerprint density at radius 2 is 1.92 bits per heavy atom.